The van der Waals surface area contributed by atoms with Gasteiger partial charge in [-0.25, -0.2) is 0 Å². The van der Waals surface area contributed by atoms with Crippen molar-refractivity contribution in [3.05, 3.63) is 36.7 Å². The van der Waals surface area contributed by atoms with Gasteiger partial charge in [-0.2, -0.15) is 0 Å². The molecular weight excluding hydrogens is 160 g/mol. The standard InChI is InChI=1S/C11H14N2/c1-3-4-8-12-10(2)11-7-5-6-9-13-11/h5-9H,2-4H2,1H3. The number of aliphatic imine (C=N–C) groups is 1. The van der Waals surface area contributed by atoms with E-state index in [-0.39, 0.29) is 0 Å². The average molecular weight is 174 g/mol. The van der Waals surface area contributed by atoms with Gasteiger partial charge in [-0.05, 0) is 18.6 Å². The molecule has 1 heterocycles. The second-order valence-electron chi connectivity index (χ2n) is 2.76. The second kappa shape index (κ2) is 5.25. The predicted molar refractivity (Wildman–Crippen MR) is 56.7 cm³/mol. The molecule has 0 aliphatic rings. The van der Waals surface area contributed by atoms with E-state index in [0.29, 0.717) is 0 Å². The zero-order chi connectivity index (χ0) is 9.52. The molecule has 0 unspecified atom stereocenters. The van der Waals surface area contributed by atoms with E-state index in [0.717, 1.165) is 24.2 Å². The van der Waals surface area contributed by atoms with Gasteiger partial charge in [0.2, 0.25) is 0 Å². The monoisotopic (exact) mass is 174 g/mol. The maximum absolute atomic E-state index is 4.20. The molecule has 2 heteroatoms. The van der Waals surface area contributed by atoms with Crippen LogP contribution in [0.4, 0.5) is 0 Å². The fourth-order valence-electron chi connectivity index (χ4n) is 0.903. The number of hydrogen-bond acceptors (Lipinski definition) is 2. The van der Waals surface area contributed by atoms with Crippen LogP contribution in [0.5, 0.6) is 0 Å². The molecule has 0 N–H and O–H groups in total. The van der Waals surface area contributed by atoms with E-state index >= 15 is 0 Å². The molecule has 0 radical (unpaired) electrons. The maximum atomic E-state index is 4.20. The zero-order valence-corrected chi connectivity index (χ0v) is 7.90. The van der Waals surface area contributed by atoms with E-state index in [1.54, 1.807) is 6.20 Å². The van der Waals surface area contributed by atoms with Gasteiger partial charge in [0, 0.05) is 12.4 Å². The van der Waals surface area contributed by atoms with E-state index in [9.17, 15) is 0 Å². The summed E-state index contributed by atoms with van der Waals surface area (Å²) in [6.07, 6.45) is 5.73. The Morgan fingerprint density at radius 2 is 2.46 bits per heavy atom. The van der Waals surface area contributed by atoms with Crippen molar-refractivity contribution in [2.75, 3.05) is 0 Å². The number of rotatable bonds is 4. The first-order valence-corrected chi connectivity index (χ1v) is 4.47. The van der Waals surface area contributed by atoms with Crippen LogP contribution in [0.3, 0.4) is 0 Å². The SMILES string of the molecule is C=C(N=CCCC)c1ccccn1. The van der Waals surface area contributed by atoms with E-state index in [1.165, 1.54) is 0 Å². The molecule has 0 saturated heterocycles. The number of pyridine rings is 1. The Morgan fingerprint density at radius 3 is 3.08 bits per heavy atom. The summed E-state index contributed by atoms with van der Waals surface area (Å²) in [6.45, 7) is 5.96. The Morgan fingerprint density at radius 1 is 1.62 bits per heavy atom. The lowest BCUT2D eigenvalue weighted by molar-refractivity contribution is 1.01. The number of unbranched alkanes of at least 4 members (excludes halogenated alkanes) is 1. The van der Waals surface area contributed by atoms with Crippen molar-refractivity contribution in [3.8, 4) is 0 Å². The van der Waals surface area contributed by atoms with E-state index in [4.69, 9.17) is 0 Å². The quantitative estimate of drug-likeness (QED) is 0.644. The molecule has 1 aromatic heterocycles. The van der Waals surface area contributed by atoms with Gasteiger partial charge < -0.3 is 0 Å². The number of hydrogen-bond donors (Lipinski definition) is 0. The van der Waals surface area contributed by atoms with E-state index < -0.39 is 0 Å². The topological polar surface area (TPSA) is 25.2 Å². The summed E-state index contributed by atoms with van der Waals surface area (Å²) in [6, 6.07) is 5.72. The molecule has 0 spiro atoms. The molecule has 13 heavy (non-hydrogen) atoms. The lowest BCUT2D eigenvalue weighted by Crippen LogP contribution is -1.84. The van der Waals surface area contributed by atoms with Crippen LogP contribution in [0, 0.1) is 0 Å². The molecule has 0 aliphatic heterocycles. The summed E-state index contributed by atoms with van der Waals surface area (Å²) in [5.41, 5.74) is 1.57. The molecule has 0 fully saturated rings. The van der Waals surface area contributed by atoms with Gasteiger partial charge in [0.1, 0.15) is 0 Å². The predicted octanol–water partition coefficient (Wildman–Crippen LogP) is 2.92. The lowest BCUT2D eigenvalue weighted by Gasteiger charge is -1.96. The molecule has 0 aliphatic carbocycles. The first kappa shape index (κ1) is 9.65. The Kier molecular flexibility index (Phi) is 3.89. The van der Waals surface area contributed by atoms with Gasteiger partial charge in [0.25, 0.3) is 0 Å². The van der Waals surface area contributed by atoms with Crippen molar-refractivity contribution in [1.82, 2.24) is 4.98 Å². The Hall–Kier alpha value is -1.44. The Bertz CT molecular complexity index is 288. The molecular formula is C11H14N2. The highest BCUT2D eigenvalue weighted by Gasteiger charge is 1.93. The van der Waals surface area contributed by atoms with Gasteiger partial charge in [-0.15, -0.1) is 0 Å². The molecule has 0 bridgehead atoms. The van der Waals surface area contributed by atoms with Crippen molar-refractivity contribution < 1.29 is 0 Å². The van der Waals surface area contributed by atoms with Gasteiger partial charge in [-0.1, -0.05) is 26.0 Å². The van der Waals surface area contributed by atoms with Crippen LogP contribution in [-0.4, -0.2) is 11.2 Å². The molecule has 68 valence electrons. The summed E-state index contributed by atoms with van der Waals surface area (Å²) in [5.74, 6) is 0. The fourth-order valence-corrected chi connectivity index (χ4v) is 0.903. The molecule has 0 saturated carbocycles. The van der Waals surface area contributed by atoms with Crippen molar-refractivity contribution in [1.29, 1.82) is 0 Å². The van der Waals surface area contributed by atoms with Crippen LogP contribution in [0.25, 0.3) is 5.70 Å². The molecule has 0 atom stereocenters. The smallest absolute Gasteiger partial charge is 0.0879 e. The van der Waals surface area contributed by atoms with Crippen LogP contribution >= 0.6 is 0 Å². The summed E-state index contributed by atoms with van der Waals surface area (Å²) in [5, 5.41) is 0. The van der Waals surface area contributed by atoms with Gasteiger partial charge >= 0.3 is 0 Å². The molecule has 2 nitrogen and oxygen atoms in total. The van der Waals surface area contributed by atoms with Gasteiger partial charge in [0.15, 0.2) is 0 Å². The fraction of sp³-hybridized carbons (Fsp3) is 0.273. The maximum Gasteiger partial charge on any atom is 0.0879 e. The highest BCUT2D eigenvalue weighted by Crippen LogP contribution is 2.08. The highest BCUT2D eigenvalue weighted by atomic mass is 14.8. The zero-order valence-electron chi connectivity index (χ0n) is 7.90. The van der Waals surface area contributed by atoms with Crippen LogP contribution in [0.1, 0.15) is 25.5 Å². The van der Waals surface area contributed by atoms with Crippen LogP contribution in [0.15, 0.2) is 36.0 Å². The highest BCUT2D eigenvalue weighted by molar-refractivity contribution is 5.70. The lowest BCUT2D eigenvalue weighted by atomic mass is 10.3. The van der Waals surface area contributed by atoms with Crippen molar-refractivity contribution in [2.24, 2.45) is 4.99 Å². The number of nitrogens with zero attached hydrogens (tertiary/aromatic N) is 2. The van der Waals surface area contributed by atoms with E-state index in [1.807, 2.05) is 24.4 Å². The first-order valence-electron chi connectivity index (χ1n) is 4.47. The molecule has 1 rings (SSSR count). The van der Waals surface area contributed by atoms with Crippen molar-refractivity contribution in [3.63, 3.8) is 0 Å². The van der Waals surface area contributed by atoms with E-state index in [2.05, 4.69) is 23.5 Å². The van der Waals surface area contributed by atoms with Crippen LogP contribution in [-0.2, 0) is 0 Å². The van der Waals surface area contributed by atoms with Gasteiger partial charge in [0.05, 0.1) is 11.4 Å². The third kappa shape index (κ3) is 3.20. The minimum absolute atomic E-state index is 0.731. The van der Waals surface area contributed by atoms with Crippen molar-refractivity contribution in [2.45, 2.75) is 19.8 Å². The summed E-state index contributed by atoms with van der Waals surface area (Å²) in [4.78, 5) is 8.35. The number of aromatic nitrogens is 1. The molecule has 0 amide bonds. The summed E-state index contributed by atoms with van der Waals surface area (Å²) < 4.78 is 0. The van der Waals surface area contributed by atoms with Crippen LogP contribution in [0.2, 0.25) is 0 Å². The third-order valence-corrected chi connectivity index (χ3v) is 1.63. The third-order valence-electron chi connectivity index (χ3n) is 1.63. The normalized spacial score (nSPS) is 10.5. The molecule has 0 aromatic carbocycles. The summed E-state index contributed by atoms with van der Waals surface area (Å²) >= 11 is 0. The Balaban J connectivity index is 2.59. The average Bonchev–Trinajstić information content (AvgIpc) is 2.19. The summed E-state index contributed by atoms with van der Waals surface area (Å²) in [7, 11) is 0. The van der Waals surface area contributed by atoms with Gasteiger partial charge in [-0.3, -0.25) is 9.98 Å². The van der Waals surface area contributed by atoms with Crippen LogP contribution < -0.4 is 0 Å². The largest absolute Gasteiger partial charge is 0.260 e. The first-order chi connectivity index (χ1) is 6.34. The molecule has 1 aromatic rings. The second-order valence-corrected chi connectivity index (χ2v) is 2.76. The van der Waals surface area contributed by atoms with Crippen molar-refractivity contribution >= 4 is 11.9 Å². The minimum atomic E-state index is 0.731. The Labute approximate surface area is 79.0 Å². The minimum Gasteiger partial charge on any atom is -0.260 e.